The summed E-state index contributed by atoms with van der Waals surface area (Å²) in [6, 6.07) is 0. The second kappa shape index (κ2) is 5.64. The Morgan fingerprint density at radius 1 is 1.44 bits per heavy atom. The number of amides is 1. The van der Waals surface area contributed by atoms with Crippen LogP contribution >= 0.6 is 0 Å². The van der Waals surface area contributed by atoms with E-state index in [1.54, 1.807) is 0 Å². The van der Waals surface area contributed by atoms with Crippen molar-refractivity contribution in [3.8, 4) is 0 Å². The lowest BCUT2D eigenvalue weighted by atomic mass is 9.89. The number of rotatable bonds is 5. The summed E-state index contributed by atoms with van der Waals surface area (Å²) >= 11 is 0. The van der Waals surface area contributed by atoms with Crippen molar-refractivity contribution in [2.24, 2.45) is 11.7 Å². The van der Waals surface area contributed by atoms with Crippen molar-refractivity contribution < 1.29 is 4.79 Å². The summed E-state index contributed by atoms with van der Waals surface area (Å²) in [5.41, 5.74) is 5.12. The standard InChI is InChI=1S/C12H25N3O/c1-10(2)4-5-12(3,11(13)16)15-8-6-14-7-9-15/h10,14H,4-9H2,1-3H3,(H2,13,16). The molecular weight excluding hydrogens is 202 g/mol. The maximum Gasteiger partial charge on any atom is 0.237 e. The lowest BCUT2D eigenvalue weighted by molar-refractivity contribution is -0.130. The number of carbonyl (C=O) groups excluding carboxylic acids is 1. The molecule has 4 heteroatoms. The van der Waals surface area contributed by atoms with Crippen molar-refractivity contribution >= 4 is 5.91 Å². The van der Waals surface area contributed by atoms with E-state index in [2.05, 4.69) is 24.1 Å². The summed E-state index contributed by atoms with van der Waals surface area (Å²) in [6.07, 6.45) is 1.91. The predicted molar refractivity (Wildman–Crippen MR) is 66.1 cm³/mol. The minimum Gasteiger partial charge on any atom is -0.368 e. The van der Waals surface area contributed by atoms with Crippen molar-refractivity contribution in [3.05, 3.63) is 0 Å². The number of piperazine rings is 1. The van der Waals surface area contributed by atoms with Gasteiger partial charge in [-0.1, -0.05) is 13.8 Å². The van der Waals surface area contributed by atoms with Gasteiger partial charge in [0, 0.05) is 26.2 Å². The Morgan fingerprint density at radius 2 is 2.00 bits per heavy atom. The average molecular weight is 227 g/mol. The molecule has 0 bridgehead atoms. The number of hydrogen-bond acceptors (Lipinski definition) is 3. The minimum absolute atomic E-state index is 0.185. The van der Waals surface area contributed by atoms with Crippen LogP contribution in [0.15, 0.2) is 0 Å². The average Bonchev–Trinajstić information content (AvgIpc) is 2.26. The molecule has 1 aliphatic heterocycles. The Bertz CT molecular complexity index is 236. The fourth-order valence-electron chi connectivity index (χ4n) is 2.17. The van der Waals surface area contributed by atoms with Gasteiger partial charge in [-0.25, -0.2) is 0 Å². The molecular formula is C12H25N3O. The van der Waals surface area contributed by atoms with Gasteiger partial charge in [0.2, 0.25) is 5.91 Å². The zero-order chi connectivity index (χ0) is 12.2. The third kappa shape index (κ3) is 3.19. The number of nitrogens with two attached hydrogens (primary N) is 1. The molecule has 0 aromatic rings. The highest BCUT2D eigenvalue weighted by Gasteiger charge is 2.37. The Hall–Kier alpha value is -0.610. The van der Waals surface area contributed by atoms with Crippen LogP contribution in [-0.2, 0) is 4.79 Å². The van der Waals surface area contributed by atoms with Gasteiger partial charge in [0.05, 0.1) is 5.54 Å². The Morgan fingerprint density at radius 3 is 2.44 bits per heavy atom. The monoisotopic (exact) mass is 227 g/mol. The van der Waals surface area contributed by atoms with Crippen molar-refractivity contribution in [2.45, 2.75) is 39.2 Å². The van der Waals surface area contributed by atoms with Crippen LogP contribution in [-0.4, -0.2) is 42.5 Å². The first-order valence-corrected chi connectivity index (χ1v) is 6.22. The summed E-state index contributed by atoms with van der Waals surface area (Å²) in [4.78, 5) is 13.9. The van der Waals surface area contributed by atoms with E-state index in [1.165, 1.54) is 0 Å². The Labute approximate surface area is 98.6 Å². The summed E-state index contributed by atoms with van der Waals surface area (Å²) < 4.78 is 0. The number of nitrogens with one attached hydrogen (secondary N) is 1. The largest absolute Gasteiger partial charge is 0.368 e. The Balaban J connectivity index is 2.66. The van der Waals surface area contributed by atoms with Crippen LogP contribution in [0.1, 0.15) is 33.6 Å². The molecule has 0 aromatic carbocycles. The van der Waals surface area contributed by atoms with E-state index in [0.29, 0.717) is 5.92 Å². The van der Waals surface area contributed by atoms with Crippen molar-refractivity contribution in [1.29, 1.82) is 0 Å². The topological polar surface area (TPSA) is 58.4 Å². The number of primary amides is 1. The molecule has 1 fully saturated rings. The quantitative estimate of drug-likeness (QED) is 0.722. The van der Waals surface area contributed by atoms with E-state index in [0.717, 1.165) is 39.0 Å². The summed E-state index contributed by atoms with van der Waals surface area (Å²) in [5.74, 6) is 0.427. The molecule has 4 nitrogen and oxygen atoms in total. The smallest absolute Gasteiger partial charge is 0.237 e. The van der Waals surface area contributed by atoms with Crippen LogP contribution in [0, 0.1) is 5.92 Å². The van der Waals surface area contributed by atoms with Crippen LogP contribution in [0.4, 0.5) is 0 Å². The first-order valence-electron chi connectivity index (χ1n) is 6.22. The fraction of sp³-hybridized carbons (Fsp3) is 0.917. The number of nitrogens with zero attached hydrogens (tertiary/aromatic N) is 1. The van der Waals surface area contributed by atoms with Gasteiger partial charge in [0.15, 0.2) is 0 Å². The van der Waals surface area contributed by atoms with Crippen LogP contribution in [0.3, 0.4) is 0 Å². The molecule has 0 radical (unpaired) electrons. The van der Waals surface area contributed by atoms with Crippen molar-refractivity contribution in [3.63, 3.8) is 0 Å². The molecule has 1 aliphatic rings. The first kappa shape index (κ1) is 13.5. The number of hydrogen-bond donors (Lipinski definition) is 2. The first-order chi connectivity index (χ1) is 7.47. The normalized spacial score (nSPS) is 22.0. The van der Waals surface area contributed by atoms with Gasteiger partial charge >= 0.3 is 0 Å². The molecule has 0 aromatic heterocycles. The molecule has 1 saturated heterocycles. The highest BCUT2D eigenvalue weighted by atomic mass is 16.1. The van der Waals surface area contributed by atoms with Gasteiger partial charge in [0.1, 0.15) is 0 Å². The molecule has 1 heterocycles. The van der Waals surface area contributed by atoms with Gasteiger partial charge in [-0.05, 0) is 25.7 Å². The molecule has 1 unspecified atom stereocenters. The van der Waals surface area contributed by atoms with Crippen LogP contribution in [0.2, 0.25) is 0 Å². The van der Waals surface area contributed by atoms with Gasteiger partial charge in [-0.2, -0.15) is 0 Å². The predicted octanol–water partition coefficient (Wildman–Crippen LogP) is 0.572. The molecule has 3 N–H and O–H groups in total. The van der Waals surface area contributed by atoms with E-state index in [9.17, 15) is 4.79 Å². The molecule has 1 rings (SSSR count). The lowest BCUT2D eigenvalue weighted by Gasteiger charge is -2.41. The highest BCUT2D eigenvalue weighted by Crippen LogP contribution is 2.23. The SMILES string of the molecule is CC(C)CCC(C)(C(N)=O)N1CCNCC1. The summed E-state index contributed by atoms with van der Waals surface area (Å²) in [7, 11) is 0. The number of carbonyl (C=O) groups is 1. The second-order valence-corrected chi connectivity index (χ2v) is 5.31. The molecule has 1 atom stereocenters. The van der Waals surface area contributed by atoms with Gasteiger partial charge in [-0.3, -0.25) is 9.69 Å². The van der Waals surface area contributed by atoms with Crippen LogP contribution < -0.4 is 11.1 Å². The molecule has 0 spiro atoms. The minimum atomic E-state index is -0.466. The van der Waals surface area contributed by atoms with Crippen LogP contribution in [0.25, 0.3) is 0 Å². The maximum atomic E-state index is 11.7. The maximum absolute atomic E-state index is 11.7. The molecule has 0 saturated carbocycles. The van der Waals surface area contributed by atoms with Gasteiger partial charge in [0.25, 0.3) is 0 Å². The van der Waals surface area contributed by atoms with Crippen molar-refractivity contribution in [2.75, 3.05) is 26.2 Å². The summed E-state index contributed by atoms with van der Waals surface area (Å²) in [5, 5.41) is 3.30. The molecule has 0 aliphatic carbocycles. The molecule has 94 valence electrons. The van der Waals surface area contributed by atoms with Crippen molar-refractivity contribution in [1.82, 2.24) is 10.2 Å². The van der Waals surface area contributed by atoms with E-state index in [-0.39, 0.29) is 5.91 Å². The van der Waals surface area contributed by atoms with E-state index < -0.39 is 5.54 Å². The van der Waals surface area contributed by atoms with Gasteiger partial charge in [-0.15, -0.1) is 0 Å². The van der Waals surface area contributed by atoms with E-state index in [4.69, 9.17) is 5.73 Å². The third-order valence-electron chi connectivity index (χ3n) is 3.55. The highest BCUT2D eigenvalue weighted by molar-refractivity contribution is 5.84. The summed E-state index contributed by atoms with van der Waals surface area (Å²) in [6.45, 7) is 10.1. The fourth-order valence-corrected chi connectivity index (χ4v) is 2.17. The zero-order valence-electron chi connectivity index (χ0n) is 10.8. The molecule has 1 amide bonds. The third-order valence-corrected chi connectivity index (χ3v) is 3.55. The van der Waals surface area contributed by atoms with E-state index in [1.807, 2.05) is 6.92 Å². The van der Waals surface area contributed by atoms with Gasteiger partial charge < -0.3 is 11.1 Å². The molecule has 16 heavy (non-hydrogen) atoms. The lowest BCUT2D eigenvalue weighted by Crippen LogP contribution is -2.60. The Kier molecular flexibility index (Phi) is 4.74. The zero-order valence-corrected chi connectivity index (χ0v) is 10.8. The van der Waals surface area contributed by atoms with E-state index >= 15 is 0 Å². The van der Waals surface area contributed by atoms with Crippen LogP contribution in [0.5, 0.6) is 0 Å². The second-order valence-electron chi connectivity index (χ2n) is 5.31.